The van der Waals surface area contributed by atoms with Crippen LogP contribution >= 0.6 is 0 Å². The summed E-state index contributed by atoms with van der Waals surface area (Å²) in [7, 11) is 0. The zero-order valence-electron chi connectivity index (χ0n) is 17.4. The molecular formula is C25H26N2O3. The average molecular weight is 402 g/mol. The summed E-state index contributed by atoms with van der Waals surface area (Å²) in [5.41, 5.74) is 5.12. The van der Waals surface area contributed by atoms with Gasteiger partial charge in [0.25, 0.3) is 5.91 Å². The standard InChI is InChI=1S/C25H26N2O3/c1-3-16(2)17-9-4-6-12-20(17)27-23(28)15-30-25(29)24-18-10-5-7-13-21(18)26-22-14-8-11-19(22)24/h4-7,9-10,12-13,16H,3,8,11,14-15H2,1-2H3,(H,27,28)/t16-/m0/s1. The molecule has 1 N–H and O–H groups in total. The number of fused-ring (bicyclic) bond motifs is 2. The predicted molar refractivity (Wildman–Crippen MR) is 118 cm³/mol. The van der Waals surface area contributed by atoms with Crippen LogP contribution < -0.4 is 5.32 Å². The Morgan fingerprint density at radius 1 is 1.10 bits per heavy atom. The number of rotatable bonds is 6. The van der Waals surface area contributed by atoms with Crippen molar-refractivity contribution >= 4 is 28.5 Å². The number of benzene rings is 2. The number of nitrogens with zero attached hydrogens (tertiary/aromatic N) is 1. The lowest BCUT2D eigenvalue weighted by atomic mass is 9.97. The Hall–Kier alpha value is -3.21. The van der Waals surface area contributed by atoms with E-state index in [2.05, 4.69) is 19.2 Å². The number of amides is 1. The number of ether oxygens (including phenoxy) is 1. The number of esters is 1. The molecule has 0 saturated heterocycles. The van der Waals surface area contributed by atoms with Crippen LogP contribution in [0.3, 0.4) is 0 Å². The van der Waals surface area contributed by atoms with Crippen LogP contribution in [-0.2, 0) is 22.4 Å². The summed E-state index contributed by atoms with van der Waals surface area (Å²) in [6.45, 7) is 3.92. The van der Waals surface area contributed by atoms with E-state index in [4.69, 9.17) is 9.72 Å². The molecule has 0 radical (unpaired) electrons. The van der Waals surface area contributed by atoms with Crippen molar-refractivity contribution in [3.63, 3.8) is 0 Å². The van der Waals surface area contributed by atoms with Crippen LogP contribution in [0.15, 0.2) is 48.5 Å². The largest absolute Gasteiger partial charge is 0.452 e. The van der Waals surface area contributed by atoms with Crippen molar-refractivity contribution in [2.45, 2.75) is 45.4 Å². The molecule has 1 atom stereocenters. The van der Waals surface area contributed by atoms with E-state index in [0.29, 0.717) is 11.5 Å². The van der Waals surface area contributed by atoms with Gasteiger partial charge in [0.1, 0.15) is 0 Å². The first-order chi connectivity index (χ1) is 14.6. The fourth-order valence-electron chi connectivity index (χ4n) is 4.09. The second kappa shape index (κ2) is 8.66. The molecule has 2 aromatic carbocycles. The molecule has 0 spiro atoms. The number of hydrogen-bond donors (Lipinski definition) is 1. The molecule has 4 rings (SSSR count). The second-order valence-corrected chi connectivity index (χ2v) is 7.80. The number of carbonyl (C=O) groups excluding carboxylic acids is 2. The minimum absolute atomic E-state index is 0.320. The van der Waals surface area contributed by atoms with Gasteiger partial charge < -0.3 is 10.1 Å². The van der Waals surface area contributed by atoms with Crippen molar-refractivity contribution in [3.05, 3.63) is 70.9 Å². The Kier molecular flexibility index (Phi) is 5.79. The molecule has 3 aromatic rings. The van der Waals surface area contributed by atoms with E-state index in [0.717, 1.165) is 59.1 Å². The summed E-state index contributed by atoms with van der Waals surface area (Å²) in [5, 5.41) is 3.68. The van der Waals surface area contributed by atoms with E-state index < -0.39 is 5.97 Å². The third-order valence-electron chi connectivity index (χ3n) is 5.84. The summed E-state index contributed by atoms with van der Waals surface area (Å²) >= 11 is 0. The number of pyridine rings is 1. The highest BCUT2D eigenvalue weighted by Crippen LogP contribution is 2.30. The van der Waals surface area contributed by atoms with E-state index in [1.54, 1.807) is 0 Å². The molecule has 5 nitrogen and oxygen atoms in total. The molecule has 5 heteroatoms. The number of carbonyl (C=O) groups is 2. The van der Waals surface area contributed by atoms with Gasteiger partial charge in [0.2, 0.25) is 0 Å². The lowest BCUT2D eigenvalue weighted by Gasteiger charge is -2.16. The minimum atomic E-state index is -0.461. The number of aromatic nitrogens is 1. The van der Waals surface area contributed by atoms with Gasteiger partial charge in [-0.25, -0.2) is 4.79 Å². The van der Waals surface area contributed by atoms with Crippen LogP contribution in [0.1, 0.15) is 59.8 Å². The average Bonchev–Trinajstić information content (AvgIpc) is 3.23. The van der Waals surface area contributed by atoms with Crippen LogP contribution in [0.4, 0.5) is 5.69 Å². The number of hydrogen-bond acceptors (Lipinski definition) is 4. The zero-order valence-corrected chi connectivity index (χ0v) is 17.4. The molecule has 0 fully saturated rings. The van der Waals surface area contributed by atoms with Crippen molar-refractivity contribution in [2.75, 3.05) is 11.9 Å². The van der Waals surface area contributed by atoms with Gasteiger partial charge in [-0.2, -0.15) is 0 Å². The topological polar surface area (TPSA) is 68.3 Å². The van der Waals surface area contributed by atoms with Gasteiger partial charge in [0.05, 0.1) is 11.1 Å². The third kappa shape index (κ3) is 3.92. The van der Waals surface area contributed by atoms with Gasteiger partial charge in [-0.05, 0) is 54.9 Å². The van der Waals surface area contributed by atoms with Gasteiger partial charge in [-0.1, -0.05) is 50.2 Å². The SMILES string of the molecule is CC[C@H](C)c1ccccc1NC(=O)COC(=O)c1c2c(nc3ccccc13)CCC2. The van der Waals surface area contributed by atoms with Gasteiger partial charge in [0.15, 0.2) is 6.61 Å². The quantitative estimate of drug-likeness (QED) is 0.587. The van der Waals surface area contributed by atoms with Crippen LogP contribution in [0.25, 0.3) is 10.9 Å². The predicted octanol–water partition coefficient (Wildman–Crippen LogP) is 5.03. The maximum absolute atomic E-state index is 13.0. The first kappa shape index (κ1) is 20.1. The Morgan fingerprint density at radius 3 is 2.70 bits per heavy atom. The fraction of sp³-hybridized carbons (Fsp3) is 0.320. The van der Waals surface area contributed by atoms with E-state index in [9.17, 15) is 9.59 Å². The van der Waals surface area contributed by atoms with Gasteiger partial charge >= 0.3 is 5.97 Å². The third-order valence-corrected chi connectivity index (χ3v) is 5.84. The molecule has 1 aliphatic carbocycles. The Labute approximate surface area is 176 Å². The molecule has 1 heterocycles. The molecule has 0 aliphatic heterocycles. The number of nitrogens with one attached hydrogen (secondary N) is 1. The molecule has 0 saturated carbocycles. The van der Waals surface area contributed by atoms with Crippen molar-refractivity contribution in [3.8, 4) is 0 Å². The highest BCUT2D eigenvalue weighted by atomic mass is 16.5. The summed E-state index contributed by atoms with van der Waals surface area (Å²) in [5.74, 6) is -0.471. The summed E-state index contributed by atoms with van der Waals surface area (Å²) in [4.78, 5) is 30.2. The summed E-state index contributed by atoms with van der Waals surface area (Å²) in [6.07, 6.45) is 3.63. The van der Waals surface area contributed by atoms with Gasteiger partial charge in [-0.3, -0.25) is 9.78 Å². The first-order valence-corrected chi connectivity index (χ1v) is 10.5. The van der Waals surface area contributed by atoms with Gasteiger partial charge in [-0.15, -0.1) is 0 Å². The van der Waals surface area contributed by atoms with Crippen LogP contribution in [0, 0.1) is 0 Å². The molecular weight excluding hydrogens is 376 g/mol. The van der Waals surface area contributed by atoms with Crippen molar-refractivity contribution in [1.29, 1.82) is 0 Å². The number of aryl methyl sites for hydroxylation is 1. The monoisotopic (exact) mass is 402 g/mol. The molecule has 0 unspecified atom stereocenters. The molecule has 154 valence electrons. The summed E-state index contributed by atoms with van der Waals surface area (Å²) in [6, 6.07) is 15.3. The normalized spacial score (nSPS) is 13.7. The maximum atomic E-state index is 13.0. The Morgan fingerprint density at radius 2 is 1.87 bits per heavy atom. The minimum Gasteiger partial charge on any atom is -0.452 e. The van der Waals surface area contributed by atoms with Crippen LogP contribution in [-0.4, -0.2) is 23.5 Å². The lowest BCUT2D eigenvalue weighted by Crippen LogP contribution is -2.22. The van der Waals surface area contributed by atoms with Crippen molar-refractivity contribution < 1.29 is 14.3 Å². The Bertz CT molecular complexity index is 1110. The lowest BCUT2D eigenvalue weighted by molar-refractivity contribution is -0.119. The highest BCUT2D eigenvalue weighted by Gasteiger charge is 2.25. The number of anilines is 1. The zero-order chi connectivity index (χ0) is 21.1. The second-order valence-electron chi connectivity index (χ2n) is 7.80. The van der Waals surface area contributed by atoms with E-state index in [-0.39, 0.29) is 12.5 Å². The van der Waals surface area contributed by atoms with Crippen molar-refractivity contribution in [2.24, 2.45) is 0 Å². The molecule has 30 heavy (non-hydrogen) atoms. The molecule has 1 aromatic heterocycles. The van der Waals surface area contributed by atoms with Crippen LogP contribution in [0.5, 0.6) is 0 Å². The maximum Gasteiger partial charge on any atom is 0.339 e. The summed E-state index contributed by atoms with van der Waals surface area (Å²) < 4.78 is 5.44. The molecule has 1 aliphatic rings. The van der Waals surface area contributed by atoms with E-state index in [1.165, 1.54) is 0 Å². The van der Waals surface area contributed by atoms with Crippen LogP contribution in [0.2, 0.25) is 0 Å². The van der Waals surface area contributed by atoms with E-state index >= 15 is 0 Å². The Balaban J connectivity index is 1.51. The first-order valence-electron chi connectivity index (χ1n) is 10.5. The highest BCUT2D eigenvalue weighted by molar-refractivity contribution is 6.06. The molecule has 0 bridgehead atoms. The van der Waals surface area contributed by atoms with Gasteiger partial charge in [0, 0.05) is 16.8 Å². The number of para-hydroxylation sites is 2. The molecule has 1 amide bonds. The fourth-order valence-corrected chi connectivity index (χ4v) is 4.09. The van der Waals surface area contributed by atoms with E-state index in [1.807, 2.05) is 48.5 Å². The smallest absolute Gasteiger partial charge is 0.339 e. The van der Waals surface area contributed by atoms with Crippen molar-refractivity contribution in [1.82, 2.24) is 4.98 Å².